The first-order valence-electron chi connectivity index (χ1n) is 6.98. The average molecular weight is 301 g/mol. The van der Waals surface area contributed by atoms with Crippen molar-refractivity contribution < 1.29 is 23.1 Å². The lowest BCUT2D eigenvalue weighted by Crippen LogP contribution is -2.37. The third-order valence-corrected chi connectivity index (χ3v) is 3.82. The highest BCUT2D eigenvalue weighted by molar-refractivity contribution is 5.69. The van der Waals surface area contributed by atoms with E-state index in [9.17, 15) is 18.0 Å². The zero-order valence-corrected chi connectivity index (χ0v) is 11.6. The molecule has 1 aliphatic carbocycles. The molecule has 1 N–H and O–H groups in total. The first kappa shape index (κ1) is 15.8. The van der Waals surface area contributed by atoms with Crippen molar-refractivity contribution in [2.24, 2.45) is 0 Å². The summed E-state index contributed by atoms with van der Waals surface area (Å²) in [6.45, 7) is 0.0990. The largest absolute Gasteiger partial charge is 0.480 e. The van der Waals surface area contributed by atoms with E-state index in [1.54, 1.807) is 11.0 Å². The number of alkyl halides is 3. The summed E-state index contributed by atoms with van der Waals surface area (Å²) < 4.78 is 38.1. The van der Waals surface area contributed by atoms with E-state index in [4.69, 9.17) is 5.11 Å². The van der Waals surface area contributed by atoms with Gasteiger partial charge < -0.3 is 5.11 Å². The van der Waals surface area contributed by atoms with Gasteiger partial charge in [-0.2, -0.15) is 13.2 Å². The van der Waals surface area contributed by atoms with Gasteiger partial charge in [-0.3, -0.25) is 9.69 Å². The quantitative estimate of drug-likeness (QED) is 0.904. The minimum Gasteiger partial charge on any atom is -0.480 e. The molecule has 0 unspecified atom stereocenters. The van der Waals surface area contributed by atoms with Gasteiger partial charge in [0.05, 0.1) is 12.1 Å². The van der Waals surface area contributed by atoms with Crippen LogP contribution in [0.25, 0.3) is 0 Å². The van der Waals surface area contributed by atoms with Crippen LogP contribution < -0.4 is 0 Å². The Kier molecular flexibility index (Phi) is 4.88. The highest BCUT2D eigenvalue weighted by atomic mass is 19.4. The van der Waals surface area contributed by atoms with Crippen LogP contribution in [0.2, 0.25) is 0 Å². The molecule has 21 heavy (non-hydrogen) atoms. The Balaban J connectivity index is 2.14. The van der Waals surface area contributed by atoms with Gasteiger partial charge in [0.15, 0.2) is 0 Å². The van der Waals surface area contributed by atoms with Crippen LogP contribution in [0.3, 0.4) is 0 Å². The van der Waals surface area contributed by atoms with E-state index in [-0.39, 0.29) is 19.1 Å². The van der Waals surface area contributed by atoms with E-state index in [2.05, 4.69) is 0 Å². The van der Waals surface area contributed by atoms with Crippen molar-refractivity contribution in [3.05, 3.63) is 35.4 Å². The lowest BCUT2D eigenvalue weighted by atomic mass is 10.1. The maximum absolute atomic E-state index is 12.7. The zero-order chi connectivity index (χ0) is 15.5. The molecule has 1 aromatic rings. The van der Waals surface area contributed by atoms with E-state index in [0.717, 1.165) is 37.8 Å². The summed E-state index contributed by atoms with van der Waals surface area (Å²) in [5.74, 6) is -0.950. The number of rotatable bonds is 5. The third-order valence-electron chi connectivity index (χ3n) is 3.82. The van der Waals surface area contributed by atoms with E-state index >= 15 is 0 Å². The maximum atomic E-state index is 12.7. The lowest BCUT2D eigenvalue weighted by molar-refractivity contribution is -0.139. The van der Waals surface area contributed by atoms with Crippen LogP contribution in [0.15, 0.2) is 24.3 Å². The Morgan fingerprint density at radius 1 is 1.29 bits per heavy atom. The SMILES string of the molecule is O=C(O)CN(Cc1cccc(C(F)(F)F)c1)C1CCCC1. The van der Waals surface area contributed by atoms with Gasteiger partial charge in [0.2, 0.25) is 0 Å². The molecule has 116 valence electrons. The standard InChI is InChI=1S/C15H18F3NO2/c16-15(17,18)12-5-3-4-11(8-12)9-19(10-14(20)21)13-6-1-2-7-13/h3-5,8,13H,1-2,6-7,9-10H2,(H,20,21). The van der Waals surface area contributed by atoms with E-state index in [0.29, 0.717) is 5.56 Å². The van der Waals surface area contributed by atoms with Gasteiger partial charge in [0, 0.05) is 12.6 Å². The molecule has 1 fully saturated rings. The summed E-state index contributed by atoms with van der Waals surface area (Å²) in [6.07, 6.45) is -0.466. The minimum absolute atomic E-state index is 0.138. The van der Waals surface area contributed by atoms with Crippen molar-refractivity contribution in [3.63, 3.8) is 0 Å². The van der Waals surface area contributed by atoms with Crippen LogP contribution in [0.5, 0.6) is 0 Å². The number of carboxylic acid groups (broad SMARTS) is 1. The first-order chi connectivity index (χ1) is 9.86. The number of benzene rings is 1. The molecule has 0 bridgehead atoms. The zero-order valence-electron chi connectivity index (χ0n) is 11.6. The second-order valence-electron chi connectivity index (χ2n) is 5.44. The Bertz CT molecular complexity index is 496. The van der Waals surface area contributed by atoms with Crippen LogP contribution in [0.1, 0.15) is 36.8 Å². The monoisotopic (exact) mass is 301 g/mol. The molecule has 0 spiro atoms. The lowest BCUT2D eigenvalue weighted by Gasteiger charge is -2.27. The molecular weight excluding hydrogens is 283 g/mol. The fourth-order valence-electron chi connectivity index (χ4n) is 2.84. The second kappa shape index (κ2) is 6.47. The predicted molar refractivity (Wildman–Crippen MR) is 71.7 cm³/mol. The molecule has 1 saturated carbocycles. The van der Waals surface area contributed by atoms with Gasteiger partial charge in [-0.25, -0.2) is 0 Å². The molecular formula is C15H18F3NO2. The molecule has 3 nitrogen and oxygen atoms in total. The Labute approximate surface area is 121 Å². The van der Waals surface area contributed by atoms with Crippen molar-refractivity contribution in [1.29, 1.82) is 0 Å². The molecule has 0 heterocycles. The second-order valence-corrected chi connectivity index (χ2v) is 5.44. The first-order valence-corrected chi connectivity index (χ1v) is 6.98. The van der Waals surface area contributed by atoms with Gasteiger partial charge >= 0.3 is 12.1 Å². The summed E-state index contributed by atoms with van der Waals surface area (Å²) >= 11 is 0. The van der Waals surface area contributed by atoms with E-state index < -0.39 is 17.7 Å². The van der Waals surface area contributed by atoms with Crippen LogP contribution in [0, 0.1) is 0 Å². The Hall–Kier alpha value is -1.56. The summed E-state index contributed by atoms with van der Waals surface area (Å²) in [7, 11) is 0. The average Bonchev–Trinajstić information content (AvgIpc) is 2.90. The molecule has 1 aromatic carbocycles. The van der Waals surface area contributed by atoms with Crippen molar-refractivity contribution >= 4 is 5.97 Å². The fourth-order valence-corrected chi connectivity index (χ4v) is 2.84. The minimum atomic E-state index is -4.37. The normalized spacial score (nSPS) is 16.6. The highest BCUT2D eigenvalue weighted by Gasteiger charge is 2.31. The van der Waals surface area contributed by atoms with Crippen molar-refractivity contribution in [3.8, 4) is 0 Å². The highest BCUT2D eigenvalue weighted by Crippen LogP contribution is 2.30. The third kappa shape index (κ3) is 4.46. The number of hydrogen-bond acceptors (Lipinski definition) is 2. The summed E-state index contributed by atoms with van der Waals surface area (Å²) in [6, 6.07) is 5.26. The molecule has 0 aromatic heterocycles. The van der Waals surface area contributed by atoms with Gasteiger partial charge in [0.1, 0.15) is 0 Å². The van der Waals surface area contributed by atoms with Gasteiger partial charge in [-0.1, -0.05) is 31.0 Å². The fraction of sp³-hybridized carbons (Fsp3) is 0.533. The summed E-state index contributed by atoms with van der Waals surface area (Å²) in [5, 5.41) is 8.98. The van der Waals surface area contributed by atoms with Gasteiger partial charge in [-0.05, 0) is 24.5 Å². The molecule has 2 rings (SSSR count). The molecule has 0 saturated heterocycles. The van der Waals surface area contributed by atoms with Gasteiger partial charge in [-0.15, -0.1) is 0 Å². The number of aliphatic carboxylic acids is 1. The van der Waals surface area contributed by atoms with Crippen LogP contribution in [0.4, 0.5) is 13.2 Å². The van der Waals surface area contributed by atoms with Crippen LogP contribution in [-0.2, 0) is 17.5 Å². The molecule has 0 aliphatic heterocycles. The number of carboxylic acids is 1. The van der Waals surface area contributed by atoms with Crippen molar-refractivity contribution in [2.75, 3.05) is 6.54 Å². The van der Waals surface area contributed by atoms with Gasteiger partial charge in [0.25, 0.3) is 0 Å². The number of carbonyl (C=O) groups is 1. The number of hydrogen-bond donors (Lipinski definition) is 1. The smallest absolute Gasteiger partial charge is 0.416 e. The number of nitrogens with zero attached hydrogens (tertiary/aromatic N) is 1. The number of halogens is 3. The Morgan fingerprint density at radius 2 is 1.95 bits per heavy atom. The predicted octanol–water partition coefficient (Wildman–Crippen LogP) is 3.53. The molecule has 6 heteroatoms. The Morgan fingerprint density at radius 3 is 2.52 bits per heavy atom. The topological polar surface area (TPSA) is 40.5 Å². The molecule has 0 amide bonds. The molecule has 1 aliphatic rings. The van der Waals surface area contributed by atoms with Crippen LogP contribution >= 0.6 is 0 Å². The van der Waals surface area contributed by atoms with Crippen LogP contribution in [-0.4, -0.2) is 28.6 Å². The maximum Gasteiger partial charge on any atom is 0.416 e. The van der Waals surface area contributed by atoms with E-state index in [1.807, 2.05) is 0 Å². The summed E-state index contributed by atoms with van der Waals surface area (Å²) in [4.78, 5) is 12.7. The van der Waals surface area contributed by atoms with E-state index in [1.165, 1.54) is 6.07 Å². The molecule has 0 radical (unpaired) electrons. The summed E-state index contributed by atoms with van der Waals surface area (Å²) in [5.41, 5.74) is -0.195. The van der Waals surface area contributed by atoms with Crippen molar-refractivity contribution in [2.45, 2.75) is 44.4 Å². The molecule has 0 atom stereocenters. The van der Waals surface area contributed by atoms with Crippen molar-refractivity contribution in [1.82, 2.24) is 4.90 Å².